The minimum Gasteiger partial charge on any atom is -0.294 e. The Hall–Kier alpha value is -1.87. The molecular formula is C20H21NOS. The van der Waals surface area contributed by atoms with Crippen LogP contribution in [0.4, 0.5) is 0 Å². The van der Waals surface area contributed by atoms with E-state index in [1.807, 2.05) is 36.6 Å². The van der Waals surface area contributed by atoms with E-state index in [2.05, 4.69) is 32.0 Å². The number of aliphatic imine (C=N–C) groups is 1. The van der Waals surface area contributed by atoms with Crippen molar-refractivity contribution >= 4 is 23.3 Å². The van der Waals surface area contributed by atoms with E-state index in [4.69, 9.17) is 4.99 Å². The highest BCUT2D eigenvalue weighted by Crippen LogP contribution is 2.28. The Morgan fingerprint density at radius 1 is 1.13 bits per heavy atom. The molecule has 0 fully saturated rings. The number of carbonyl (C=O) groups is 1. The summed E-state index contributed by atoms with van der Waals surface area (Å²) in [5.41, 5.74) is 3.93. The molecule has 1 aliphatic rings. The van der Waals surface area contributed by atoms with E-state index < -0.39 is 0 Å². The number of thioether (sulfide) groups is 1. The van der Waals surface area contributed by atoms with Crippen LogP contribution in [0.25, 0.3) is 0 Å². The number of rotatable bonds is 4. The van der Waals surface area contributed by atoms with Crippen LogP contribution in [0.2, 0.25) is 0 Å². The summed E-state index contributed by atoms with van der Waals surface area (Å²) in [7, 11) is 0. The molecule has 2 aromatic rings. The van der Waals surface area contributed by atoms with Gasteiger partial charge in [-0.05, 0) is 49.8 Å². The molecule has 3 rings (SSSR count). The van der Waals surface area contributed by atoms with E-state index >= 15 is 0 Å². The number of hydrogen-bond acceptors (Lipinski definition) is 3. The molecule has 0 aromatic heterocycles. The maximum absolute atomic E-state index is 12.6. The van der Waals surface area contributed by atoms with Crippen molar-refractivity contribution in [1.29, 1.82) is 0 Å². The maximum Gasteiger partial charge on any atom is 0.168 e. The van der Waals surface area contributed by atoms with Crippen molar-refractivity contribution < 1.29 is 4.79 Å². The molecule has 1 heterocycles. The fourth-order valence-corrected chi connectivity index (χ4v) is 3.46. The number of Topliss-reactive ketones (excluding diaryl/α,β-unsaturated/α-hetero) is 1. The highest BCUT2D eigenvalue weighted by Gasteiger charge is 2.27. The first kappa shape index (κ1) is 16.0. The van der Waals surface area contributed by atoms with Gasteiger partial charge in [-0.3, -0.25) is 9.79 Å². The van der Waals surface area contributed by atoms with Crippen molar-refractivity contribution in [2.24, 2.45) is 4.99 Å². The summed E-state index contributed by atoms with van der Waals surface area (Å²) in [5, 5.41) is 0. The number of fused-ring (bicyclic) bond motifs is 1. The van der Waals surface area contributed by atoms with Crippen molar-refractivity contribution in [3.05, 3.63) is 65.2 Å². The predicted octanol–water partition coefficient (Wildman–Crippen LogP) is 4.81. The molecule has 0 N–H and O–H groups in total. The summed E-state index contributed by atoms with van der Waals surface area (Å²) < 4.78 is 0. The molecule has 2 aromatic carbocycles. The van der Waals surface area contributed by atoms with Crippen LogP contribution in [0.1, 0.15) is 41.8 Å². The number of nitrogens with zero attached hydrogens (tertiary/aromatic N) is 1. The van der Waals surface area contributed by atoms with Crippen molar-refractivity contribution in [1.82, 2.24) is 0 Å². The van der Waals surface area contributed by atoms with Gasteiger partial charge in [-0.25, -0.2) is 0 Å². The highest BCUT2D eigenvalue weighted by atomic mass is 32.2. The first-order valence-corrected chi connectivity index (χ1v) is 9.05. The average Bonchev–Trinajstić information content (AvgIpc) is 2.54. The molecule has 118 valence electrons. The first-order valence-electron chi connectivity index (χ1n) is 7.83. The average molecular weight is 323 g/mol. The van der Waals surface area contributed by atoms with Crippen LogP contribution in [-0.2, 0) is 6.42 Å². The Morgan fingerprint density at radius 3 is 2.52 bits per heavy atom. The largest absolute Gasteiger partial charge is 0.294 e. The zero-order chi connectivity index (χ0) is 16.4. The van der Waals surface area contributed by atoms with Crippen molar-refractivity contribution in [2.45, 2.75) is 37.1 Å². The molecule has 3 heteroatoms. The lowest BCUT2D eigenvalue weighted by atomic mass is 9.85. The molecule has 0 bridgehead atoms. The smallest absolute Gasteiger partial charge is 0.168 e. The van der Waals surface area contributed by atoms with Crippen molar-refractivity contribution in [2.75, 3.05) is 6.26 Å². The summed E-state index contributed by atoms with van der Waals surface area (Å²) in [5.74, 6) is 0.129. The summed E-state index contributed by atoms with van der Waals surface area (Å²) in [6.07, 6.45) is 3.31. The minimum atomic E-state index is -0.146. The Labute approximate surface area is 142 Å². The van der Waals surface area contributed by atoms with Gasteiger partial charge in [0.1, 0.15) is 0 Å². The lowest BCUT2D eigenvalue weighted by Crippen LogP contribution is -2.29. The second kappa shape index (κ2) is 6.32. The molecule has 0 atom stereocenters. The minimum absolute atomic E-state index is 0.129. The van der Waals surface area contributed by atoms with Crippen LogP contribution in [0, 0.1) is 0 Å². The van der Waals surface area contributed by atoms with Crippen LogP contribution in [-0.4, -0.2) is 23.3 Å². The van der Waals surface area contributed by atoms with Gasteiger partial charge >= 0.3 is 0 Å². The molecule has 0 aliphatic carbocycles. The normalized spacial score (nSPS) is 15.7. The van der Waals surface area contributed by atoms with Gasteiger partial charge in [0.05, 0.1) is 17.7 Å². The lowest BCUT2D eigenvalue weighted by Gasteiger charge is -2.29. The molecule has 0 radical (unpaired) electrons. The van der Waals surface area contributed by atoms with Crippen LogP contribution in [0.3, 0.4) is 0 Å². The molecule has 0 saturated carbocycles. The van der Waals surface area contributed by atoms with Crippen molar-refractivity contribution in [3.63, 3.8) is 0 Å². The van der Waals surface area contributed by atoms with Crippen LogP contribution in [0.15, 0.2) is 58.4 Å². The summed E-state index contributed by atoms with van der Waals surface area (Å²) in [6, 6.07) is 16.1. The van der Waals surface area contributed by atoms with E-state index in [0.29, 0.717) is 6.42 Å². The van der Waals surface area contributed by atoms with Crippen LogP contribution in [0.5, 0.6) is 0 Å². The molecule has 0 amide bonds. The number of hydrogen-bond donors (Lipinski definition) is 0. The molecule has 0 saturated heterocycles. The quantitative estimate of drug-likeness (QED) is 0.597. The van der Waals surface area contributed by atoms with Gasteiger partial charge in [-0.1, -0.05) is 36.4 Å². The molecule has 23 heavy (non-hydrogen) atoms. The zero-order valence-electron chi connectivity index (χ0n) is 13.8. The van der Waals surface area contributed by atoms with Gasteiger partial charge in [0.15, 0.2) is 5.78 Å². The van der Waals surface area contributed by atoms with Crippen LogP contribution >= 0.6 is 11.8 Å². The Kier molecular flexibility index (Phi) is 4.40. The predicted molar refractivity (Wildman–Crippen MR) is 97.9 cm³/mol. The zero-order valence-corrected chi connectivity index (χ0v) is 14.6. The monoisotopic (exact) mass is 323 g/mol. The van der Waals surface area contributed by atoms with E-state index in [0.717, 1.165) is 23.3 Å². The highest BCUT2D eigenvalue weighted by molar-refractivity contribution is 7.98. The number of carbonyl (C=O) groups excluding carboxylic acids is 1. The van der Waals surface area contributed by atoms with Gasteiger partial charge in [0, 0.05) is 10.5 Å². The Morgan fingerprint density at radius 2 is 1.83 bits per heavy atom. The molecule has 2 nitrogen and oxygen atoms in total. The van der Waals surface area contributed by atoms with Crippen LogP contribution < -0.4 is 0 Å². The van der Waals surface area contributed by atoms with E-state index in [-0.39, 0.29) is 11.3 Å². The van der Waals surface area contributed by atoms with Crippen molar-refractivity contribution in [3.8, 4) is 0 Å². The third-order valence-corrected chi connectivity index (χ3v) is 4.87. The lowest BCUT2D eigenvalue weighted by molar-refractivity contribution is 0.100. The number of benzene rings is 2. The maximum atomic E-state index is 12.6. The third-order valence-electron chi connectivity index (χ3n) is 4.13. The van der Waals surface area contributed by atoms with Gasteiger partial charge in [0.2, 0.25) is 0 Å². The summed E-state index contributed by atoms with van der Waals surface area (Å²) >= 11 is 1.68. The third kappa shape index (κ3) is 3.56. The second-order valence-corrected chi connectivity index (χ2v) is 7.41. The van der Waals surface area contributed by atoms with Gasteiger partial charge in [-0.15, -0.1) is 11.8 Å². The van der Waals surface area contributed by atoms with E-state index in [9.17, 15) is 4.79 Å². The fourth-order valence-electron chi connectivity index (χ4n) is 3.05. The summed E-state index contributed by atoms with van der Waals surface area (Å²) in [4.78, 5) is 18.7. The van der Waals surface area contributed by atoms with E-state index in [1.54, 1.807) is 11.8 Å². The topological polar surface area (TPSA) is 29.4 Å². The SMILES string of the molecule is CSc1ccc(C(=O)CC2=NC(C)(C)Cc3ccccc32)cc1. The Balaban J connectivity index is 1.88. The fraction of sp³-hybridized carbons (Fsp3) is 0.300. The molecule has 1 aliphatic heterocycles. The molecular weight excluding hydrogens is 302 g/mol. The molecule has 0 unspecified atom stereocenters. The van der Waals surface area contributed by atoms with Gasteiger partial charge < -0.3 is 0 Å². The Bertz CT molecular complexity index is 759. The summed E-state index contributed by atoms with van der Waals surface area (Å²) in [6.45, 7) is 4.25. The molecule has 0 spiro atoms. The number of ketones is 1. The van der Waals surface area contributed by atoms with E-state index in [1.165, 1.54) is 10.5 Å². The first-order chi connectivity index (χ1) is 11.0. The van der Waals surface area contributed by atoms with Gasteiger partial charge in [0.25, 0.3) is 0 Å². The standard InChI is InChI=1S/C20H21NOS/c1-20(2)13-15-6-4-5-7-17(15)18(21-20)12-19(22)14-8-10-16(23-3)11-9-14/h4-11H,12-13H2,1-3H3. The van der Waals surface area contributed by atoms with Gasteiger partial charge in [-0.2, -0.15) is 0 Å². The second-order valence-electron chi connectivity index (χ2n) is 6.53.